The maximum atomic E-state index is 14.6. The van der Waals surface area contributed by atoms with Gasteiger partial charge in [-0.25, -0.2) is 8.78 Å². The van der Waals surface area contributed by atoms with Gasteiger partial charge >= 0.3 is 0 Å². The summed E-state index contributed by atoms with van der Waals surface area (Å²) in [4.78, 5) is 28.1. The van der Waals surface area contributed by atoms with Crippen molar-refractivity contribution in [2.75, 3.05) is 18.7 Å². The molecule has 0 saturated heterocycles. The number of benzene rings is 3. The van der Waals surface area contributed by atoms with Crippen LogP contribution in [-0.4, -0.2) is 45.5 Å². The summed E-state index contributed by atoms with van der Waals surface area (Å²) in [6.07, 6.45) is 0.656. The highest BCUT2D eigenvalue weighted by molar-refractivity contribution is 5.96. The molecule has 2 atom stereocenters. The van der Waals surface area contributed by atoms with Crippen LogP contribution in [-0.2, 0) is 6.61 Å². The summed E-state index contributed by atoms with van der Waals surface area (Å²) in [7, 11) is 1.52. The van der Waals surface area contributed by atoms with Crippen LogP contribution in [0.15, 0.2) is 89.9 Å². The van der Waals surface area contributed by atoms with Gasteiger partial charge in [0.05, 0.1) is 0 Å². The number of aliphatic hydroxyl groups is 1. The van der Waals surface area contributed by atoms with Crippen LogP contribution in [0.2, 0.25) is 0 Å². The van der Waals surface area contributed by atoms with Crippen molar-refractivity contribution < 1.29 is 28.5 Å². The van der Waals surface area contributed by atoms with Crippen molar-refractivity contribution in [2.24, 2.45) is 0 Å². The smallest absolute Gasteiger partial charge is 0.277 e. The van der Waals surface area contributed by atoms with Gasteiger partial charge < -0.3 is 19.8 Å². The van der Waals surface area contributed by atoms with Crippen molar-refractivity contribution in [3.63, 3.8) is 0 Å². The monoisotopic (exact) mass is 547 g/mol. The van der Waals surface area contributed by atoms with E-state index in [9.17, 15) is 28.6 Å². The molecule has 3 aromatic carbocycles. The average molecular weight is 548 g/mol. The summed E-state index contributed by atoms with van der Waals surface area (Å²) in [5, 5.41) is 22.4. The van der Waals surface area contributed by atoms with Crippen LogP contribution in [0.5, 0.6) is 11.5 Å². The standard InChI is InChI=1S/C30H27F2N3O5/c1-33-26(13-15-36)35(27(20-10-6-3-7-11-20)21-16-22(31)23(32)17-25(21)38)34-14-12-24(37)29(28(34)30(33)39)40-18-19-8-4-2-5-9-19/h2-12,14,16-17,26-27,36,38H,13,15,18H2,1H3/t26-,27+/m0/s1. The molecular weight excluding hydrogens is 520 g/mol. The Kier molecular flexibility index (Phi) is 7.52. The largest absolute Gasteiger partial charge is 0.507 e. The van der Waals surface area contributed by atoms with Gasteiger partial charge in [-0.05, 0) is 17.2 Å². The first kappa shape index (κ1) is 26.9. The molecule has 40 heavy (non-hydrogen) atoms. The van der Waals surface area contributed by atoms with Gasteiger partial charge in [-0.1, -0.05) is 60.7 Å². The molecule has 0 radical (unpaired) electrons. The minimum Gasteiger partial charge on any atom is -0.507 e. The van der Waals surface area contributed by atoms with E-state index in [4.69, 9.17) is 4.74 Å². The molecule has 8 nitrogen and oxygen atoms in total. The quantitative estimate of drug-likeness (QED) is 0.347. The molecule has 10 heteroatoms. The van der Waals surface area contributed by atoms with E-state index in [1.807, 2.05) is 30.3 Å². The SMILES string of the molecule is CN1C(=O)c2c(OCc3ccccc3)c(=O)ccn2N([C@H](c2ccccc2)c2cc(F)c(F)cc2O)[C@H]1CCO. The Morgan fingerprint density at radius 1 is 0.950 bits per heavy atom. The number of hydrogen-bond donors (Lipinski definition) is 2. The third-order valence-corrected chi connectivity index (χ3v) is 6.92. The van der Waals surface area contributed by atoms with E-state index in [1.54, 1.807) is 35.3 Å². The number of aliphatic hydroxyl groups excluding tert-OH is 1. The van der Waals surface area contributed by atoms with Crippen molar-refractivity contribution in [1.82, 2.24) is 9.58 Å². The minimum absolute atomic E-state index is 0.0205. The van der Waals surface area contributed by atoms with E-state index < -0.39 is 40.9 Å². The number of nitrogens with zero attached hydrogens (tertiary/aromatic N) is 3. The molecule has 1 aromatic heterocycles. The molecule has 0 saturated carbocycles. The third-order valence-electron chi connectivity index (χ3n) is 6.92. The maximum Gasteiger partial charge on any atom is 0.277 e. The van der Waals surface area contributed by atoms with Gasteiger partial charge in [-0.15, -0.1) is 0 Å². The molecule has 2 heterocycles. The molecule has 0 spiro atoms. The predicted octanol–water partition coefficient (Wildman–Crippen LogP) is 3.93. The molecule has 2 N–H and O–H groups in total. The van der Waals surface area contributed by atoms with Gasteiger partial charge in [-0.2, -0.15) is 0 Å². The number of halogens is 2. The normalized spacial score (nSPS) is 15.6. The third kappa shape index (κ3) is 4.89. The zero-order valence-corrected chi connectivity index (χ0v) is 21.6. The van der Waals surface area contributed by atoms with Crippen LogP contribution in [0, 0.1) is 11.6 Å². The summed E-state index contributed by atoms with van der Waals surface area (Å²) in [6, 6.07) is 19.8. The molecule has 0 aliphatic carbocycles. The number of carbonyl (C=O) groups is 1. The van der Waals surface area contributed by atoms with Crippen LogP contribution < -0.4 is 15.2 Å². The first-order chi connectivity index (χ1) is 19.3. The minimum atomic E-state index is -1.22. The van der Waals surface area contributed by atoms with Crippen molar-refractivity contribution in [1.29, 1.82) is 0 Å². The molecule has 1 aliphatic rings. The average Bonchev–Trinajstić information content (AvgIpc) is 2.96. The summed E-state index contributed by atoms with van der Waals surface area (Å²) in [5.74, 6) is -3.60. The maximum absolute atomic E-state index is 14.6. The van der Waals surface area contributed by atoms with Gasteiger partial charge in [0.1, 0.15) is 24.6 Å². The summed E-state index contributed by atoms with van der Waals surface area (Å²) in [5.41, 5.74) is 0.780. The fraction of sp³-hybridized carbons (Fsp3) is 0.200. The van der Waals surface area contributed by atoms with Gasteiger partial charge in [-0.3, -0.25) is 19.3 Å². The van der Waals surface area contributed by atoms with Crippen LogP contribution in [0.3, 0.4) is 0 Å². The van der Waals surface area contributed by atoms with E-state index in [1.165, 1.54) is 28.9 Å². The topological polar surface area (TPSA) is 95.2 Å². The lowest BCUT2D eigenvalue weighted by atomic mass is 9.95. The number of aromatic hydroxyl groups is 1. The number of amides is 1. The molecule has 1 aliphatic heterocycles. The molecule has 5 rings (SSSR count). The Balaban J connectivity index is 1.74. The summed E-state index contributed by atoms with van der Waals surface area (Å²) in [6.45, 7) is -0.285. The Morgan fingerprint density at radius 2 is 1.60 bits per heavy atom. The molecule has 0 fully saturated rings. The fourth-order valence-corrected chi connectivity index (χ4v) is 5.01. The van der Waals surface area contributed by atoms with Crippen molar-refractivity contribution in [3.05, 3.63) is 129 Å². The lowest BCUT2D eigenvalue weighted by Crippen LogP contribution is -2.61. The highest BCUT2D eigenvalue weighted by atomic mass is 19.2. The van der Waals surface area contributed by atoms with Crippen LogP contribution in [0.25, 0.3) is 0 Å². The first-order valence-electron chi connectivity index (χ1n) is 12.6. The Hall–Kier alpha value is -4.70. The van der Waals surface area contributed by atoms with Gasteiger partial charge in [0, 0.05) is 44.0 Å². The number of carbonyl (C=O) groups excluding carboxylic acids is 1. The van der Waals surface area contributed by atoms with Crippen molar-refractivity contribution >= 4 is 5.91 Å². The Morgan fingerprint density at radius 3 is 2.27 bits per heavy atom. The number of rotatable bonds is 8. The summed E-state index contributed by atoms with van der Waals surface area (Å²) < 4.78 is 36.0. The van der Waals surface area contributed by atoms with E-state index in [2.05, 4.69) is 0 Å². The van der Waals surface area contributed by atoms with Gasteiger partial charge in [0.2, 0.25) is 5.43 Å². The second-order valence-electron chi connectivity index (χ2n) is 9.40. The number of aromatic nitrogens is 1. The van der Waals surface area contributed by atoms with Crippen LogP contribution in [0.1, 0.15) is 39.6 Å². The molecule has 4 aromatic rings. The molecule has 0 bridgehead atoms. The van der Waals surface area contributed by atoms with E-state index in [-0.39, 0.29) is 36.6 Å². The van der Waals surface area contributed by atoms with Crippen LogP contribution >= 0.6 is 0 Å². The molecular formula is C30H27F2N3O5. The van der Waals surface area contributed by atoms with Crippen LogP contribution in [0.4, 0.5) is 8.78 Å². The van der Waals surface area contributed by atoms with E-state index in [0.717, 1.165) is 11.6 Å². The first-order valence-corrected chi connectivity index (χ1v) is 12.6. The molecule has 206 valence electrons. The van der Waals surface area contributed by atoms with Gasteiger partial charge in [0.15, 0.2) is 23.1 Å². The lowest BCUT2D eigenvalue weighted by molar-refractivity contribution is 0.0575. The van der Waals surface area contributed by atoms with E-state index >= 15 is 0 Å². The Labute approximate surface area is 228 Å². The number of phenolic OH excluding ortho intramolecular Hbond substituents is 1. The number of fused-ring (bicyclic) bond motifs is 1. The zero-order valence-electron chi connectivity index (χ0n) is 21.6. The summed E-state index contributed by atoms with van der Waals surface area (Å²) >= 11 is 0. The van der Waals surface area contributed by atoms with E-state index in [0.29, 0.717) is 11.6 Å². The second kappa shape index (κ2) is 11.2. The molecule has 1 amide bonds. The predicted molar refractivity (Wildman–Crippen MR) is 144 cm³/mol. The number of hydrogen-bond acceptors (Lipinski definition) is 6. The van der Waals surface area contributed by atoms with Crippen molar-refractivity contribution in [3.8, 4) is 11.5 Å². The fourth-order valence-electron chi connectivity index (χ4n) is 5.01. The number of phenols is 1. The van der Waals surface area contributed by atoms with Crippen molar-refractivity contribution in [2.45, 2.75) is 25.2 Å². The highest BCUT2D eigenvalue weighted by Gasteiger charge is 2.42. The number of pyridine rings is 1. The van der Waals surface area contributed by atoms with Gasteiger partial charge in [0.25, 0.3) is 5.91 Å². The number of ether oxygens (including phenoxy) is 1. The second-order valence-corrected chi connectivity index (χ2v) is 9.40. The zero-order chi connectivity index (χ0) is 28.4. The molecule has 0 unspecified atom stereocenters. The highest BCUT2D eigenvalue weighted by Crippen LogP contribution is 2.39. The lowest BCUT2D eigenvalue weighted by Gasteiger charge is -2.49. The Bertz CT molecular complexity index is 1580.